The van der Waals surface area contributed by atoms with Gasteiger partial charge in [0.1, 0.15) is 0 Å². The molecule has 3 rings (SSSR count). The van der Waals surface area contributed by atoms with Gasteiger partial charge in [0.2, 0.25) is 0 Å². The first kappa shape index (κ1) is 25.6. The fourth-order valence-corrected chi connectivity index (χ4v) is 5.03. The van der Waals surface area contributed by atoms with E-state index in [2.05, 4.69) is 6.92 Å². The maximum absolute atomic E-state index is 14.8. The highest BCUT2D eigenvalue weighted by Crippen LogP contribution is 2.38. The van der Waals surface area contributed by atoms with E-state index in [9.17, 15) is 26.3 Å². The van der Waals surface area contributed by atoms with Crippen LogP contribution in [0, 0.1) is 46.7 Å². The number of halogens is 6. The van der Waals surface area contributed by atoms with E-state index < -0.39 is 51.6 Å². The summed E-state index contributed by atoms with van der Waals surface area (Å²) in [5, 5.41) is 0. The van der Waals surface area contributed by atoms with Crippen molar-refractivity contribution in [3.05, 3.63) is 58.2 Å². The minimum Gasteiger partial charge on any atom is -0.203 e. The zero-order valence-electron chi connectivity index (χ0n) is 19.4. The molecule has 0 heterocycles. The van der Waals surface area contributed by atoms with Crippen LogP contribution in [0.1, 0.15) is 82.8 Å². The Labute approximate surface area is 192 Å². The molecule has 0 aromatic heterocycles. The molecule has 0 unspecified atom stereocenters. The van der Waals surface area contributed by atoms with Crippen LogP contribution in [0.25, 0.3) is 11.1 Å². The highest BCUT2D eigenvalue weighted by atomic mass is 19.2. The third-order valence-electron chi connectivity index (χ3n) is 7.15. The lowest BCUT2D eigenvalue weighted by atomic mass is 9.77. The molecule has 0 spiro atoms. The molecule has 0 saturated heterocycles. The third kappa shape index (κ3) is 5.58. The Hall–Kier alpha value is -1.98. The summed E-state index contributed by atoms with van der Waals surface area (Å²) in [6.45, 7) is 3.76. The summed E-state index contributed by atoms with van der Waals surface area (Å²) in [7, 11) is 0. The van der Waals surface area contributed by atoms with E-state index in [0.29, 0.717) is 12.3 Å². The molecule has 1 aliphatic carbocycles. The van der Waals surface area contributed by atoms with Gasteiger partial charge in [-0.15, -0.1) is 0 Å². The van der Waals surface area contributed by atoms with Crippen LogP contribution in [0.15, 0.2) is 12.1 Å². The lowest BCUT2D eigenvalue weighted by molar-refractivity contribution is 0.248. The minimum atomic E-state index is -1.69. The summed E-state index contributed by atoms with van der Waals surface area (Å²) in [4.78, 5) is 0. The molecule has 6 heteroatoms. The van der Waals surface area contributed by atoms with Crippen molar-refractivity contribution in [2.45, 2.75) is 84.5 Å². The molecule has 33 heavy (non-hydrogen) atoms. The smallest absolute Gasteiger partial charge is 0.170 e. The molecule has 2 aromatic carbocycles. The van der Waals surface area contributed by atoms with Gasteiger partial charge in [-0.25, -0.2) is 26.3 Å². The lowest BCUT2D eigenvalue weighted by Crippen LogP contribution is -2.16. The molecule has 0 amide bonds. The van der Waals surface area contributed by atoms with E-state index in [-0.39, 0.29) is 24.3 Å². The first-order valence-electron chi connectivity index (χ1n) is 12.1. The Kier molecular flexibility index (Phi) is 8.88. The summed E-state index contributed by atoms with van der Waals surface area (Å²) in [5.41, 5.74) is -2.69. The summed E-state index contributed by atoms with van der Waals surface area (Å²) >= 11 is 0. The molecule has 1 saturated carbocycles. The van der Waals surface area contributed by atoms with Gasteiger partial charge in [-0.2, -0.15) is 0 Å². The topological polar surface area (TPSA) is 0 Å². The fraction of sp³-hybridized carbons (Fsp3) is 0.556. The van der Waals surface area contributed by atoms with Crippen molar-refractivity contribution < 1.29 is 26.3 Å². The molecule has 182 valence electrons. The van der Waals surface area contributed by atoms with Gasteiger partial charge < -0.3 is 0 Å². The lowest BCUT2D eigenvalue weighted by Gasteiger charge is -2.28. The van der Waals surface area contributed by atoms with Gasteiger partial charge in [-0.05, 0) is 36.7 Å². The van der Waals surface area contributed by atoms with Crippen molar-refractivity contribution in [3.8, 4) is 11.1 Å². The summed E-state index contributed by atoms with van der Waals surface area (Å²) in [6, 6.07) is 2.12. The van der Waals surface area contributed by atoms with Gasteiger partial charge in [-0.3, -0.25) is 0 Å². The Balaban J connectivity index is 1.75. The summed E-state index contributed by atoms with van der Waals surface area (Å²) < 4.78 is 87.6. The molecule has 1 aliphatic rings. The van der Waals surface area contributed by atoms with Gasteiger partial charge in [0.15, 0.2) is 34.9 Å². The molecule has 2 aromatic rings. The Morgan fingerprint density at radius 2 is 1.24 bits per heavy atom. The minimum absolute atomic E-state index is 0.00900. The van der Waals surface area contributed by atoms with Crippen LogP contribution >= 0.6 is 0 Å². The molecule has 1 fully saturated rings. The maximum Gasteiger partial charge on any atom is 0.170 e. The fourth-order valence-electron chi connectivity index (χ4n) is 5.03. The van der Waals surface area contributed by atoms with Crippen LogP contribution in [0.5, 0.6) is 0 Å². The van der Waals surface area contributed by atoms with Crippen LogP contribution in [0.2, 0.25) is 0 Å². The first-order chi connectivity index (χ1) is 15.8. The highest BCUT2D eigenvalue weighted by Gasteiger charge is 2.29. The van der Waals surface area contributed by atoms with Gasteiger partial charge in [0.05, 0.1) is 5.56 Å². The van der Waals surface area contributed by atoms with Crippen LogP contribution in [0.3, 0.4) is 0 Å². The molecule has 0 radical (unpaired) electrons. The second kappa shape index (κ2) is 11.4. The highest BCUT2D eigenvalue weighted by molar-refractivity contribution is 5.67. The second-order valence-corrected chi connectivity index (χ2v) is 9.28. The van der Waals surface area contributed by atoms with Gasteiger partial charge >= 0.3 is 0 Å². The molecular formula is C27H32F6. The van der Waals surface area contributed by atoms with Crippen LogP contribution in [-0.2, 0) is 12.8 Å². The van der Waals surface area contributed by atoms with Gasteiger partial charge in [0.25, 0.3) is 0 Å². The quantitative estimate of drug-likeness (QED) is 0.195. The Morgan fingerprint density at radius 1 is 0.667 bits per heavy atom. The van der Waals surface area contributed by atoms with Crippen LogP contribution in [0.4, 0.5) is 26.3 Å². The number of unbranched alkanes of at least 4 members (excludes halogenated alkanes) is 2. The van der Waals surface area contributed by atoms with E-state index in [1.165, 1.54) is 25.7 Å². The largest absolute Gasteiger partial charge is 0.203 e. The van der Waals surface area contributed by atoms with Crippen molar-refractivity contribution in [1.82, 2.24) is 0 Å². The van der Waals surface area contributed by atoms with Crippen LogP contribution in [-0.4, -0.2) is 0 Å². The van der Waals surface area contributed by atoms with Crippen molar-refractivity contribution in [2.24, 2.45) is 11.8 Å². The molecule has 0 N–H and O–H groups in total. The summed E-state index contributed by atoms with van der Waals surface area (Å²) in [5.74, 6) is -8.29. The van der Waals surface area contributed by atoms with Crippen molar-refractivity contribution in [2.75, 3.05) is 0 Å². The average molecular weight is 471 g/mol. The molecule has 0 atom stereocenters. The number of aryl methyl sites for hydroxylation is 1. The van der Waals surface area contributed by atoms with Gasteiger partial charge in [0, 0.05) is 11.1 Å². The SMILES string of the molecule is CCCCCC1CCC(CCc2c(F)c(F)c(-c3ccc(CC)c(F)c3F)c(F)c2F)CC1. The maximum atomic E-state index is 14.8. The molecular weight excluding hydrogens is 438 g/mol. The molecule has 0 nitrogen and oxygen atoms in total. The van der Waals surface area contributed by atoms with E-state index >= 15 is 0 Å². The van der Waals surface area contributed by atoms with E-state index in [1.807, 2.05) is 0 Å². The Bertz CT molecular complexity index is 931. The van der Waals surface area contributed by atoms with E-state index in [0.717, 1.165) is 37.8 Å². The van der Waals surface area contributed by atoms with Gasteiger partial charge in [-0.1, -0.05) is 77.3 Å². The van der Waals surface area contributed by atoms with E-state index in [1.54, 1.807) is 6.92 Å². The number of hydrogen-bond donors (Lipinski definition) is 0. The molecule has 0 bridgehead atoms. The average Bonchev–Trinajstić information content (AvgIpc) is 2.82. The first-order valence-corrected chi connectivity index (χ1v) is 12.1. The number of benzene rings is 2. The van der Waals surface area contributed by atoms with E-state index in [4.69, 9.17) is 0 Å². The Morgan fingerprint density at radius 3 is 1.79 bits per heavy atom. The number of rotatable bonds is 9. The van der Waals surface area contributed by atoms with Crippen molar-refractivity contribution >= 4 is 0 Å². The van der Waals surface area contributed by atoms with Crippen LogP contribution < -0.4 is 0 Å². The zero-order valence-corrected chi connectivity index (χ0v) is 19.4. The second-order valence-electron chi connectivity index (χ2n) is 9.28. The van der Waals surface area contributed by atoms with Crippen molar-refractivity contribution in [3.63, 3.8) is 0 Å². The standard InChI is InChI=1S/C27H32F6/c1-3-5-6-7-16-8-10-17(11-9-16)12-14-20-24(30)26(32)21(27(33)25(20)31)19-15-13-18(4-2)22(28)23(19)29/h13,15-17H,3-12,14H2,1-2H3. The normalized spacial score (nSPS) is 18.7. The van der Waals surface area contributed by atoms with Crippen molar-refractivity contribution in [1.29, 1.82) is 0 Å². The third-order valence-corrected chi connectivity index (χ3v) is 7.15. The predicted octanol–water partition coefficient (Wildman–Crippen LogP) is 9.07. The summed E-state index contributed by atoms with van der Waals surface area (Å²) in [6.07, 6.45) is 9.32. The molecule has 0 aliphatic heterocycles. The monoisotopic (exact) mass is 470 g/mol. The number of hydrogen-bond acceptors (Lipinski definition) is 0. The predicted molar refractivity (Wildman–Crippen MR) is 119 cm³/mol. The zero-order chi connectivity index (χ0) is 24.1.